The van der Waals surface area contributed by atoms with Crippen LogP contribution in [-0.2, 0) is 11.3 Å². The Labute approximate surface area is 101 Å². The third kappa shape index (κ3) is 2.32. The summed E-state index contributed by atoms with van der Waals surface area (Å²) in [5.41, 5.74) is 0.493. The maximum absolute atomic E-state index is 12.4. The number of carbonyl (C=O) groups excluding carboxylic acids is 1. The van der Waals surface area contributed by atoms with E-state index in [4.69, 9.17) is 0 Å². The second-order valence-corrected chi connectivity index (χ2v) is 3.79. The second kappa shape index (κ2) is 4.36. The Morgan fingerprint density at radius 2 is 2.00 bits per heavy atom. The summed E-state index contributed by atoms with van der Waals surface area (Å²) in [5.74, 6) is -0.646. The van der Waals surface area contributed by atoms with Crippen molar-refractivity contribution < 1.29 is 22.7 Å². The number of aromatic nitrogens is 1. The van der Waals surface area contributed by atoms with E-state index in [1.807, 2.05) is 0 Å². The van der Waals surface area contributed by atoms with Crippen LogP contribution >= 0.6 is 0 Å². The zero-order valence-electron chi connectivity index (χ0n) is 9.49. The fraction of sp³-hybridized carbons (Fsp3) is 0.250. The molecule has 2 rings (SSSR count). The van der Waals surface area contributed by atoms with E-state index in [0.29, 0.717) is 10.9 Å². The highest BCUT2D eigenvalue weighted by atomic mass is 19.4. The minimum Gasteiger partial charge on any atom is -0.465 e. The minimum absolute atomic E-state index is 0.136. The van der Waals surface area contributed by atoms with Crippen LogP contribution in [0.25, 0.3) is 10.9 Å². The standard InChI is InChI=1S/C12H10F3NO2/c1-18-11(17)9-6-16(7-12(13,14)15)10-5-3-2-4-8(9)10/h2-6H,7H2,1H3. The molecule has 3 nitrogen and oxygen atoms in total. The van der Waals surface area contributed by atoms with Crippen LogP contribution in [0.5, 0.6) is 0 Å². The molecule has 0 bridgehead atoms. The van der Waals surface area contributed by atoms with E-state index in [1.165, 1.54) is 19.4 Å². The van der Waals surface area contributed by atoms with Gasteiger partial charge in [0.25, 0.3) is 0 Å². The van der Waals surface area contributed by atoms with Gasteiger partial charge in [-0.05, 0) is 6.07 Å². The summed E-state index contributed by atoms with van der Waals surface area (Å²) in [6, 6.07) is 6.41. The molecule has 1 aromatic heterocycles. The fourth-order valence-electron chi connectivity index (χ4n) is 1.84. The van der Waals surface area contributed by atoms with Crippen molar-refractivity contribution in [3.63, 3.8) is 0 Å². The Bertz CT molecular complexity index is 587. The molecule has 96 valence electrons. The number of benzene rings is 1. The van der Waals surface area contributed by atoms with Crippen LogP contribution < -0.4 is 0 Å². The Morgan fingerprint density at radius 3 is 2.61 bits per heavy atom. The van der Waals surface area contributed by atoms with Crippen molar-refractivity contribution in [3.8, 4) is 0 Å². The van der Waals surface area contributed by atoms with Crippen molar-refractivity contribution >= 4 is 16.9 Å². The number of nitrogens with zero attached hydrogens (tertiary/aromatic N) is 1. The molecule has 2 aromatic rings. The molecule has 0 aliphatic carbocycles. The van der Waals surface area contributed by atoms with Gasteiger partial charge in [0.1, 0.15) is 6.54 Å². The van der Waals surface area contributed by atoms with Gasteiger partial charge in [-0.2, -0.15) is 13.2 Å². The third-order valence-electron chi connectivity index (χ3n) is 2.54. The molecule has 0 fully saturated rings. The van der Waals surface area contributed by atoms with E-state index in [1.54, 1.807) is 18.2 Å². The monoisotopic (exact) mass is 257 g/mol. The molecule has 0 radical (unpaired) electrons. The van der Waals surface area contributed by atoms with Crippen molar-refractivity contribution in [3.05, 3.63) is 36.0 Å². The average molecular weight is 257 g/mol. The summed E-state index contributed by atoms with van der Waals surface area (Å²) in [5, 5.41) is 0.452. The molecule has 6 heteroatoms. The van der Waals surface area contributed by atoms with Crippen LogP contribution in [0.1, 0.15) is 10.4 Å². The lowest BCUT2D eigenvalue weighted by Crippen LogP contribution is -2.16. The molecule has 0 unspecified atom stereocenters. The van der Waals surface area contributed by atoms with E-state index in [2.05, 4.69) is 4.74 Å². The number of hydrogen-bond acceptors (Lipinski definition) is 2. The maximum Gasteiger partial charge on any atom is 0.406 e. The maximum atomic E-state index is 12.4. The van der Waals surface area contributed by atoms with Crippen LogP contribution in [0.15, 0.2) is 30.5 Å². The highest BCUT2D eigenvalue weighted by Crippen LogP contribution is 2.26. The summed E-state index contributed by atoms with van der Waals surface area (Å²) in [6.07, 6.45) is -3.17. The lowest BCUT2D eigenvalue weighted by Gasteiger charge is -2.08. The third-order valence-corrected chi connectivity index (χ3v) is 2.54. The predicted molar refractivity (Wildman–Crippen MR) is 59.3 cm³/mol. The molecular weight excluding hydrogens is 247 g/mol. The molecule has 0 aliphatic heterocycles. The Kier molecular flexibility index (Phi) is 3.02. The smallest absolute Gasteiger partial charge is 0.406 e. The molecule has 1 heterocycles. The summed E-state index contributed by atoms with van der Waals surface area (Å²) in [4.78, 5) is 11.5. The van der Waals surface area contributed by atoms with Crippen LogP contribution in [0.2, 0.25) is 0 Å². The zero-order valence-corrected chi connectivity index (χ0v) is 9.49. The highest BCUT2D eigenvalue weighted by Gasteiger charge is 2.29. The van der Waals surface area contributed by atoms with Gasteiger partial charge >= 0.3 is 12.1 Å². The van der Waals surface area contributed by atoms with E-state index >= 15 is 0 Å². The second-order valence-electron chi connectivity index (χ2n) is 3.79. The number of alkyl halides is 3. The van der Waals surface area contributed by atoms with Crippen LogP contribution in [-0.4, -0.2) is 23.8 Å². The van der Waals surface area contributed by atoms with Gasteiger partial charge in [0.2, 0.25) is 0 Å². The number of rotatable bonds is 2. The topological polar surface area (TPSA) is 31.2 Å². The van der Waals surface area contributed by atoms with Gasteiger partial charge in [-0.15, -0.1) is 0 Å². The molecule has 0 N–H and O–H groups in total. The van der Waals surface area contributed by atoms with Gasteiger partial charge in [0.15, 0.2) is 0 Å². The van der Waals surface area contributed by atoms with Crippen LogP contribution in [0, 0.1) is 0 Å². The Morgan fingerprint density at radius 1 is 1.33 bits per heavy atom. The molecule has 0 saturated heterocycles. The van der Waals surface area contributed by atoms with Crippen LogP contribution in [0.4, 0.5) is 13.2 Å². The average Bonchev–Trinajstić information content (AvgIpc) is 2.65. The summed E-state index contributed by atoms with van der Waals surface area (Å²) < 4.78 is 42.8. The molecule has 0 saturated carbocycles. The van der Waals surface area contributed by atoms with E-state index in [-0.39, 0.29) is 5.56 Å². The van der Waals surface area contributed by atoms with Gasteiger partial charge in [-0.25, -0.2) is 4.79 Å². The SMILES string of the molecule is COC(=O)c1cn(CC(F)(F)F)c2ccccc12. The largest absolute Gasteiger partial charge is 0.465 e. The van der Waals surface area contributed by atoms with Gasteiger partial charge in [-0.3, -0.25) is 0 Å². The summed E-state index contributed by atoms with van der Waals surface area (Å²) in [7, 11) is 1.19. The minimum atomic E-state index is -4.34. The number of ether oxygens (including phenoxy) is 1. The van der Waals surface area contributed by atoms with Crippen molar-refractivity contribution in [2.24, 2.45) is 0 Å². The highest BCUT2D eigenvalue weighted by molar-refractivity contribution is 6.04. The lowest BCUT2D eigenvalue weighted by atomic mass is 10.2. The van der Waals surface area contributed by atoms with Crippen molar-refractivity contribution in [2.75, 3.05) is 7.11 Å². The zero-order chi connectivity index (χ0) is 13.3. The number of para-hydroxylation sites is 1. The number of esters is 1. The number of carbonyl (C=O) groups is 1. The first-order chi connectivity index (χ1) is 8.42. The van der Waals surface area contributed by atoms with Gasteiger partial charge in [0.05, 0.1) is 12.7 Å². The number of halogens is 3. The normalized spacial score (nSPS) is 11.8. The van der Waals surface area contributed by atoms with Gasteiger partial charge in [0, 0.05) is 17.1 Å². The molecule has 0 spiro atoms. The lowest BCUT2D eigenvalue weighted by molar-refractivity contribution is -0.139. The molecule has 0 atom stereocenters. The first kappa shape index (κ1) is 12.5. The molecule has 18 heavy (non-hydrogen) atoms. The molecule has 1 aromatic carbocycles. The fourth-order valence-corrected chi connectivity index (χ4v) is 1.84. The molecular formula is C12H10F3NO2. The quantitative estimate of drug-likeness (QED) is 0.774. The first-order valence-corrected chi connectivity index (χ1v) is 5.15. The summed E-state index contributed by atoms with van der Waals surface area (Å²) in [6.45, 7) is -1.13. The van der Waals surface area contributed by atoms with Crippen LogP contribution in [0.3, 0.4) is 0 Å². The summed E-state index contributed by atoms with van der Waals surface area (Å²) >= 11 is 0. The van der Waals surface area contributed by atoms with Crippen molar-refractivity contribution in [1.82, 2.24) is 4.57 Å². The molecule has 0 aliphatic rings. The Balaban J connectivity index is 2.58. The Hall–Kier alpha value is -1.98. The van der Waals surface area contributed by atoms with E-state index < -0.39 is 18.7 Å². The number of methoxy groups -OCH3 is 1. The van der Waals surface area contributed by atoms with Gasteiger partial charge in [-0.1, -0.05) is 18.2 Å². The number of hydrogen-bond donors (Lipinski definition) is 0. The first-order valence-electron chi connectivity index (χ1n) is 5.15. The van der Waals surface area contributed by atoms with Crippen molar-refractivity contribution in [1.29, 1.82) is 0 Å². The van der Waals surface area contributed by atoms with E-state index in [0.717, 1.165) is 4.57 Å². The molecule has 0 amide bonds. The van der Waals surface area contributed by atoms with Gasteiger partial charge < -0.3 is 9.30 Å². The van der Waals surface area contributed by atoms with Crippen molar-refractivity contribution in [2.45, 2.75) is 12.7 Å². The predicted octanol–water partition coefficient (Wildman–Crippen LogP) is 2.99. The number of fused-ring (bicyclic) bond motifs is 1. The van der Waals surface area contributed by atoms with E-state index in [9.17, 15) is 18.0 Å².